The molecule has 0 amide bonds. The van der Waals surface area contributed by atoms with Gasteiger partial charge in [0.15, 0.2) is 17.3 Å². The van der Waals surface area contributed by atoms with Gasteiger partial charge in [0.1, 0.15) is 0 Å². The zero-order chi connectivity index (χ0) is 14.1. The number of rotatable bonds is 9. The Labute approximate surface area is 115 Å². The van der Waals surface area contributed by atoms with Gasteiger partial charge in [0.05, 0.1) is 7.11 Å². The fraction of sp³-hybridized carbons (Fsp3) is 0.562. The van der Waals surface area contributed by atoms with Gasteiger partial charge in [-0.2, -0.15) is 0 Å². The third-order valence-corrected chi connectivity index (χ3v) is 3.23. The van der Waals surface area contributed by atoms with Crippen molar-refractivity contribution in [2.45, 2.75) is 51.9 Å². The van der Waals surface area contributed by atoms with Gasteiger partial charge >= 0.3 is 0 Å². The van der Waals surface area contributed by atoms with Crippen molar-refractivity contribution in [2.75, 3.05) is 7.11 Å². The third kappa shape index (κ3) is 5.41. The Hall–Kier alpha value is -1.38. The minimum Gasteiger partial charge on any atom is -0.494 e. The second-order valence-corrected chi connectivity index (χ2v) is 4.79. The lowest BCUT2D eigenvalue weighted by atomic mass is 10.0. The zero-order valence-electron chi connectivity index (χ0n) is 11.9. The Bertz CT molecular complexity index is 402. The maximum Gasteiger partial charge on any atom is 0.165 e. The molecule has 3 heteroatoms. The molecule has 0 heterocycles. The molecular weight excluding hydrogens is 243 g/mol. The number of carbonyl (C=O) groups excluding carboxylic acids is 1. The van der Waals surface area contributed by atoms with Crippen LogP contribution in [0.2, 0.25) is 0 Å². The predicted molar refractivity (Wildman–Crippen MR) is 75.3 cm³/mol. The molecule has 0 aliphatic carbocycles. The molecule has 0 aliphatic heterocycles. The number of benzene rings is 1. The van der Waals surface area contributed by atoms with Crippen LogP contribution in [-0.2, 0) is 0 Å². The lowest BCUT2D eigenvalue weighted by Crippen LogP contribution is -2.00. The molecule has 0 bridgehead atoms. The Morgan fingerprint density at radius 3 is 2.53 bits per heavy atom. The molecule has 1 aromatic rings. The van der Waals surface area contributed by atoms with E-state index in [2.05, 4.69) is 6.92 Å². The molecule has 106 valence electrons. The molecule has 0 aliphatic rings. The Kier molecular flexibility index (Phi) is 7.16. The Morgan fingerprint density at radius 2 is 1.84 bits per heavy atom. The molecule has 0 saturated heterocycles. The number of carbonyl (C=O) groups is 1. The van der Waals surface area contributed by atoms with Crippen molar-refractivity contribution in [3.8, 4) is 5.75 Å². The minimum absolute atomic E-state index is 0.0637. The number of hydrogen-bond acceptors (Lipinski definition) is 2. The number of ketones is 1. The minimum atomic E-state index is -0.432. The first-order valence-electron chi connectivity index (χ1n) is 7.05. The smallest absolute Gasteiger partial charge is 0.165 e. The van der Waals surface area contributed by atoms with Crippen LogP contribution in [0.3, 0.4) is 0 Å². The van der Waals surface area contributed by atoms with Crippen LogP contribution in [0.4, 0.5) is 4.39 Å². The highest BCUT2D eigenvalue weighted by Crippen LogP contribution is 2.20. The highest BCUT2D eigenvalue weighted by atomic mass is 19.1. The molecule has 19 heavy (non-hydrogen) atoms. The topological polar surface area (TPSA) is 26.3 Å². The summed E-state index contributed by atoms with van der Waals surface area (Å²) in [5.41, 5.74) is 0.534. The van der Waals surface area contributed by atoms with Gasteiger partial charge in [-0.25, -0.2) is 4.39 Å². The van der Waals surface area contributed by atoms with Crippen molar-refractivity contribution in [2.24, 2.45) is 0 Å². The number of hydrogen-bond donors (Lipinski definition) is 0. The van der Waals surface area contributed by atoms with E-state index in [9.17, 15) is 9.18 Å². The molecule has 0 N–H and O–H groups in total. The summed E-state index contributed by atoms with van der Waals surface area (Å²) in [6.07, 6.45) is 7.45. The van der Waals surface area contributed by atoms with Gasteiger partial charge in [-0.3, -0.25) is 4.79 Å². The van der Waals surface area contributed by atoms with Crippen LogP contribution in [0.1, 0.15) is 62.2 Å². The van der Waals surface area contributed by atoms with E-state index in [0.29, 0.717) is 12.0 Å². The first-order chi connectivity index (χ1) is 9.19. The highest BCUT2D eigenvalue weighted by Gasteiger charge is 2.09. The van der Waals surface area contributed by atoms with Gasteiger partial charge in [-0.15, -0.1) is 0 Å². The largest absolute Gasteiger partial charge is 0.494 e. The number of Topliss-reactive ketones (excluding diaryl/α,β-unsaturated/α-hetero) is 1. The van der Waals surface area contributed by atoms with E-state index in [4.69, 9.17) is 4.74 Å². The fourth-order valence-electron chi connectivity index (χ4n) is 2.04. The van der Waals surface area contributed by atoms with Crippen molar-refractivity contribution in [1.82, 2.24) is 0 Å². The molecule has 1 rings (SSSR count). The Morgan fingerprint density at radius 1 is 1.16 bits per heavy atom. The molecule has 0 radical (unpaired) electrons. The number of methoxy groups -OCH3 is 1. The maximum atomic E-state index is 13.2. The zero-order valence-corrected chi connectivity index (χ0v) is 11.9. The highest BCUT2D eigenvalue weighted by molar-refractivity contribution is 5.96. The average molecular weight is 266 g/mol. The predicted octanol–water partition coefficient (Wildman–Crippen LogP) is 4.77. The maximum absolute atomic E-state index is 13.2. The van der Waals surface area contributed by atoms with E-state index < -0.39 is 5.82 Å². The second kappa shape index (κ2) is 8.68. The first kappa shape index (κ1) is 15.7. The SMILES string of the molecule is CCCCCCCCC(=O)c1ccc(F)c(OC)c1. The van der Waals surface area contributed by atoms with E-state index >= 15 is 0 Å². The molecule has 0 unspecified atom stereocenters. The number of unbranched alkanes of at least 4 members (excludes halogenated alkanes) is 5. The van der Waals surface area contributed by atoms with Gasteiger partial charge in [0.25, 0.3) is 0 Å². The first-order valence-corrected chi connectivity index (χ1v) is 7.05. The standard InChI is InChI=1S/C16H23FO2/c1-3-4-5-6-7-8-9-15(18)13-10-11-14(17)16(12-13)19-2/h10-12H,3-9H2,1-2H3. The summed E-state index contributed by atoms with van der Waals surface area (Å²) in [5.74, 6) is -0.235. The third-order valence-electron chi connectivity index (χ3n) is 3.23. The van der Waals surface area contributed by atoms with Crippen LogP contribution >= 0.6 is 0 Å². The van der Waals surface area contributed by atoms with Crippen molar-refractivity contribution in [3.05, 3.63) is 29.6 Å². The normalized spacial score (nSPS) is 10.5. The summed E-state index contributed by atoms with van der Waals surface area (Å²) < 4.78 is 18.1. The second-order valence-electron chi connectivity index (χ2n) is 4.79. The monoisotopic (exact) mass is 266 g/mol. The molecule has 0 aromatic heterocycles. The molecule has 2 nitrogen and oxygen atoms in total. The van der Waals surface area contributed by atoms with Crippen molar-refractivity contribution in [1.29, 1.82) is 0 Å². The average Bonchev–Trinajstić information content (AvgIpc) is 2.43. The van der Waals surface area contributed by atoms with Crippen LogP contribution in [0.15, 0.2) is 18.2 Å². The summed E-state index contributed by atoms with van der Waals surface area (Å²) in [6, 6.07) is 4.29. The van der Waals surface area contributed by atoms with Gasteiger partial charge in [-0.1, -0.05) is 39.0 Å². The molecular formula is C16H23FO2. The molecule has 1 aromatic carbocycles. The van der Waals surface area contributed by atoms with Crippen molar-refractivity contribution < 1.29 is 13.9 Å². The van der Waals surface area contributed by atoms with E-state index in [0.717, 1.165) is 12.8 Å². The molecule has 0 spiro atoms. The van der Waals surface area contributed by atoms with Gasteiger partial charge < -0.3 is 4.74 Å². The number of ether oxygens (including phenoxy) is 1. The van der Waals surface area contributed by atoms with E-state index in [-0.39, 0.29) is 11.5 Å². The summed E-state index contributed by atoms with van der Waals surface area (Å²) in [7, 11) is 1.40. The molecule has 0 fully saturated rings. The van der Waals surface area contributed by atoms with E-state index in [1.54, 1.807) is 0 Å². The number of halogens is 1. The summed E-state index contributed by atoms with van der Waals surface area (Å²) in [6.45, 7) is 2.19. The van der Waals surface area contributed by atoms with Gasteiger partial charge in [-0.05, 0) is 24.6 Å². The van der Waals surface area contributed by atoms with Crippen molar-refractivity contribution >= 4 is 5.78 Å². The lowest BCUT2D eigenvalue weighted by molar-refractivity contribution is 0.0978. The van der Waals surface area contributed by atoms with Crippen LogP contribution in [0, 0.1) is 5.82 Å². The van der Waals surface area contributed by atoms with Gasteiger partial charge in [0.2, 0.25) is 0 Å². The molecule has 0 saturated carbocycles. The molecule has 0 atom stereocenters. The van der Waals surface area contributed by atoms with Crippen LogP contribution < -0.4 is 4.74 Å². The summed E-state index contributed by atoms with van der Waals surface area (Å²) in [5, 5.41) is 0. The van der Waals surface area contributed by atoms with Crippen LogP contribution in [0.25, 0.3) is 0 Å². The lowest BCUT2D eigenvalue weighted by Gasteiger charge is -2.05. The van der Waals surface area contributed by atoms with Crippen LogP contribution in [0.5, 0.6) is 5.75 Å². The Balaban J connectivity index is 2.37. The summed E-state index contributed by atoms with van der Waals surface area (Å²) >= 11 is 0. The fourth-order valence-corrected chi connectivity index (χ4v) is 2.04. The van der Waals surface area contributed by atoms with E-state index in [1.807, 2.05) is 0 Å². The van der Waals surface area contributed by atoms with E-state index in [1.165, 1.54) is 51.0 Å². The summed E-state index contributed by atoms with van der Waals surface area (Å²) in [4.78, 5) is 11.9. The quantitative estimate of drug-likeness (QED) is 0.475. The van der Waals surface area contributed by atoms with Gasteiger partial charge in [0, 0.05) is 12.0 Å². The van der Waals surface area contributed by atoms with Crippen LogP contribution in [-0.4, -0.2) is 12.9 Å². The van der Waals surface area contributed by atoms with Crippen molar-refractivity contribution in [3.63, 3.8) is 0 Å².